The largest absolute Gasteiger partial charge is 0.504 e. The van der Waals surface area contributed by atoms with Crippen LogP contribution in [0.1, 0.15) is 21.5 Å². The van der Waals surface area contributed by atoms with Gasteiger partial charge in [0.2, 0.25) is 0 Å². The van der Waals surface area contributed by atoms with Crippen LogP contribution in [0.2, 0.25) is 5.02 Å². The highest BCUT2D eigenvalue weighted by Crippen LogP contribution is 2.35. The minimum absolute atomic E-state index is 0.0605. The Kier molecular flexibility index (Phi) is 4.70. The lowest BCUT2D eigenvalue weighted by Crippen LogP contribution is -2.23. The monoisotopic (exact) mass is 345 g/mol. The van der Waals surface area contributed by atoms with Gasteiger partial charge in [0.25, 0.3) is 5.91 Å². The Balaban J connectivity index is 2.11. The predicted octanol–water partition coefficient (Wildman–Crippen LogP) is 3.70. The van der Waals surface area contributed by atoms with Crippen molar-refractivity contribution in [2.75, 3.05) is 0 Å². The van der Waals surface area contributed by atoms with Gasteiger partial charge in [-0.3, -0.25) is 4.79 Å². The van der Waals surface area contributed by atoms with Gasteiger partial charge in [-0.1, -0.05) is 17.7 Å². The number of rotatable bonds is 3. The van der Waals surface area contributed by atoms with Crippen molar-refractivity contribution >= 4 is 17.5 Å². The molecule has 2 aromatic carbocycles. The molecule has 2 aromatic rings. The molecule has 4 nitrogen and oxygen atoms in total. The number of alkyl halides is 3. The third-order valence-corrected chi connectivity index (χ3v) is 3.36. The maximum absolute atomic E-state index is 12.8. The SMILES string of the molecule is O=C(NCc1ccc(Cl)c(C(F)(F)F)c1)c1ccc(O)c(O)c1. The first-order chi connectivity index (χ1) is 10.7. The van der Waals surface area contributed by atoms with E-state index < -0.39 is 28.4 Å². The van der Waals surface area contributed by atoms with Gasteiger partial charge in [0.15, 0.2) is 11.5 Å². The molecule has 0 aromatic heterocycles. The molecule has 0 fully saturated rings. The standard InChI is InChI=1S/C15H11ClF3NO3/c16-11-3-1-8(5-10(11)15(17,18)19)7-20-14(23)9-2-4-12(21)13(22)6-9/h1-6,21-22H,7H2,(H,20,23). The maximum atomic E-state index is 12.8. The average molecular weight is 346 g/mol. The lowest BCUT2D eigenvalue weighted by molar-refractivity contribution is -0.137. The van der Waals surface area contributed by atoms with Crippen molar-refractivity contribution in [3.05, 3.63) is 58.1 Å². The number of phenolic OH excluding ortho intramolecular Hbond substituents is 2. The van der Waals surface area contributed by atoms with E-state index in [1.54, 1.807) is 0 Å². The van der Waals surface area contributed by atoms with Crippen LogP contribution < -0.4 is 5.32 Å². The highest BCUT2D eigenvalue weighted by molar-refractivity contribution is 6.31. The second-order valence-electron chi connectivity index (χ2n) is 4.70. The van der Waals surface area contributed by atoms with Gasteiger partial charge in [-0.2, -0.15) is 13.2 Å². The lowest BCUT2D eigenvalue weighted by atomic mass is 10.1. The Morgan fingerprint density at radius 2 is 1.78 bits per heavy atom. The molecule has 0 aliphatic heterocycles. The smallest absolute Gasteiger partial charge is 0.417 e. The van der Waals surface area contributed by atoms with Crippen molar-refractivity contribution in [3.8, 4) is 11.5 Å². The van der Waals surface area contributed by atoms with Crippen LogP contribution in [0.15, 0.2) is 36.4 Å². The van der Waals surface area contributed by atoms with E-state index in [2.05, 4.69) is 5.32 Å². The molecule has 122 valence electrons. The summed E-state index contributed by atoms with van der Waals surface area (Å²) in [5.41, 5.74) is -0.698. The van der Waals surface area contributed by atoms with Crippen LogP contribution >= 0.6 is 11.6 Å². The van der Waals surface area contributed by atoms with E-state index in [0.717, 1.165) is 24.3 Å². The summed E-state index contributed by atoms with van der Waals surface area (Å²) in [4.78, 5) is 11.9. The van der Waals surface area contributed by atoms with Gasteiger partial charge in [-0.05, 0) is 35.9 Å². The summed E-state index contributed by atoms with van der Waals surface area (Å²) in [6.07, 6.45) is -4.58. The molecule has 0 spiro atoms. The van der Waals surface area contributed by atoms with Crippen LogP contribution in [-0.2, 0) is 12.7 Å². The van der Waals surface area contributed by atoms with Crippen molar-refractivity contribution in [3.63, 3.8) is 0 Å². The van der Waals surface area contributed by atoms with E-state index in [0.29, 0.717) is 0 Å². The average Bonchev–Trinajstić information content (AvgIpc) is 2.47. The van der Waals surface area contributed by atoms with Crippen molar-refractivity contribution in [1.82, 2.24) is 5.32 Å². The quantitative estimate of drug-likeness (QED) is 0.743. The highest BCUT2D eigenvalue weighted by Gasteiger charge is 2.33. The molecule has 0 unspecified atom stereocenters. The summed E-state index contributed by atoms with van der Waals surface area (Å²) in [7, 11) is 0. The van der Waals surface area contributed by atoms with Gasteiger partial charge < -0.3 is 15.5 Å². The van der Waals surface area contributed by atoms with Gasteiger partial charge in [0.05, 0.1) is 10.6 Å². The van der Waals surface area contributed by atoms with Gasteiger partial charge in [0, 0.05) is 12.1 Å². The minimum atomic E-state index is -4.58. The lowest BCUT2D eigenvalue weighted by Gasteiger charge is -2.11. The van der Waals surface area contributed by atoms with Gasteiger partial charge >= 0.3 is 6.18 Å². The molecule has 0 atom stereocenters. The molecule has 2 rings (SSSR count). The van der Waals surface area contributed by atoms with E-state index in [1.807, 2.05) is 0 Å². The third kappa shape index (κ3) is 4.07. The van der Waals surface area contributed by atoms with Crippen molar-refractivity contribution in [2.24, 2.45) is 0 Å². The van der Waals surface area contributed by atoms with E-state index in [-0.39, 0.29) is 23.4 Å². The number of aromatic hydroxyl groups is 2. The zero-order valence-electron chi connectivity index (χ0n) is 11.5. The summed E-state index contributed by atoms with van der Waals surface area (Å²) in [5, 5.41) is 20.5. The number of amides is 1. The molecule has 23 heavy (non-hydrogen) atoms. The summed E-state index contributed by atoms with van der Waals surface area (Å²) in [6.45, 7) is -0.152. The van der Waals surface area contributed by atoms with Crippen molar-refractivity contribution in [1.29, 1.82) is 0 Å². The van der Waals surface area contributed by atoms with Crippen molar-refractivity contribution in [2.45, 2.75) is 12.7 Å². The second-order valence-corrected chi connectivity index (χ2v) is 5.11. The van der Waals surface area contributed by atoms with Crippen LogP contribution in [0.4, 0.5) is 13.2 Å². The molecule has 0 aliphatic rings. The number of hydrogen-bond acceptors (Lipinski definition) is 3. The predicted molar refractivity (Wildman–Crippen MR) is 77.4 cm³/mol. The summed E-state index contributed by atoms with van der Waals surface area (Å²) < 4.78 is 38.3. The fourth-order valence-electron chi connectivity index (χ4n) is 1.85. The molecule has 0 radical (unpaired) electrons. The number of phenols is 2. The van der Waals surface area contributed by atoms with Crippen LogP contribution in [0.25, 0.3) is 0 Å². The molecule has 0 saturated carbocycles. The van der Waals surface area contributed by atoms with E-state index in [9.17, 15) is 23.1 Å². The zero-order valence-corrected chi connectivity index (χ0v) is 12.2. The molecular formula is C15H11ClF3NO3. The molecular weight excluding hydrogens is 335 g/mol. The molecule has 0 aliphatic carbocycles. The molecule has 1 amide bonds. The van der Waals surface area contributed by atoms with Crippen molar-refractivity contribution < 1.29 is 28.2 Å². The highest BCUT2D eigenvalue weighted by atomic mass is 35.5. The normalized spacial score (nSPS) is 11.3. The Labute approximate surface area is 134 Å². The first-order valence-corrected chi connectivity index (χ1v) is 6.72. The van der Waals surface area contributed by atoms with E-state index in [1.165, 1.54) is 12.1 Å². The minimum Gasteiger partial charge on any atom is -0.504 e. The fourth-order valence-corrected chi connectivity index (χ4v) is 2.07. The second kappa shape index (κ2) is 6.37. The Morgan fingerprint density at radius 1 is 1.09 bits per heavy atom. The van der Waals surface area contributed by atoms with Crippen LogP contribution in [0.3, 0.4) is 0 Å². The number of nitrogens with one attached hydrogen (secondary N) is 1. The summed E-state index contributed by atoms with van der Waals surface area (Å²) >= 11 is 5.51. The summed E-state index contributed by atoms with van der Waals surface area (Å²) in [5.74, 6) is -1.46. The number of hydrogen-bond donors (Lipinski definition) is 3. The molecule has 0 saturated heterocycles. The van der Waals surface area contributed by atoms with Crippen LogP contribution in [-0.4, -0.2) is 16.1 Å². The van der Waals surface area contributed by atoms with Gasteiger partial charge in [-0.25, -0.2) is 0 Å². The van der Waals surface area contributed by atoms with E-state index in [4.69, 9.17) is 16.7 Å². The molecule has 3 N–H and O–H groups in total. The fraction of sp³-hybridized carbons (Fsp3) is 0.133. The molecule has 0 heterocycles. The Morgan fingerprint density at radius 3 is 2.39 bits per heavy atom. The first-order valence-electron chi connectivity index (χ1n) is 6.34. The topological polar surface area (TPSA) is 69.6 Å². The number of carbonyl (C=O) groups excluding carboxylic acids is 1. The molecule has 8 heteroatoms. The third-order valence-electron chi connectivity index (χ3n) is 3.03. The Hall–Kier alpha value is -2.41. The number of halogens is 4. The van der Waals surface area contributed by atoms with Crippen LogP contribution in [0.5, 0.6) is 11.5 Å². The summed E-state index contributed by atoms with van der Waals surface area (Å²) in [6, 6.07) is 6.79. The number of carbonyl (C=O) groups is 1. The Bertz CT molecular complexity index is 747. The molecule has 0 bridgehead atoms. The van der Waals surface area contributed by atoms with Crippen LogP contribution in [0, 0.1) is 0 Å². The first kappa shape index (κ1) is 17.0. The zero-order chi connectivity index (χ0) is 17.2. The van der Waals surface area contributed by atoms with E-state index >= 15 is 0 Å². The van der Waals surface area contributed by atoms with Gasteiger partial charge in [0.1, 0.15) is 0 Å². The number of benzene rings is 2. The van der Waals surface area contributed by atoms with Gasteiger partial charge in [-0.15, -0.1) is 0 Å². The maximum Gasteiger partial charge on any atom is 0.417 e.